The van der Waals surface area contributed by atoms with Gasteiger partial charge in [-0.25, -0.2) is 0 Å². The fraction of sp³-hybridized carbons (Fsp3) is 0.923. The molecule has 0 amide bonds. The molecule has 1 fully saturated rings. The van der Waals surface area contributed by atoms with Crippen molar-refractivity contribution in [2.75, 3.05) is 13.1 Å². The first-order chi connectivity index (χ1) is 7.24. The van der Waals surface area contributed by atoms with Gasteiger partial charge in [-0.15, -0.1) is 0 Å². The maximum Gasteiger partial charge on any atom is 0.131 e. The summed E-state index contributed by atoms with van der Waals surface area (Å²) in [5.41, 5.74) is 0. The van der Waals surface area contributed by atoms with E-state index in [2.05, 4.69) is 11.8 Å². The topological polar surface area (TPSA) is 20.3 Å². The summed E-state index contributed by atoms with van der Waals surface area (Å²) >= 11 is 0. The molecule has 0 aromatic rings. The molecule has 1 unspecified atom stereocenters. The summed E-state index contributed by atoms with van der Waals surface area (Å²) in [5.74, 6) is 0.350. The van der Waals surface area contributed by atoms with Crippen molar-refractivity contribution in [3.05, 3.63) is 0 Å². The number of rotatable bonds is 5. The molecule has 0 radical (unpaired) electrons. The summed E-state index contributed by atoms with van der Waals surface area (Å²) in [6.07, 6.45) is 8.49. The molecule has 0 saturated carbocycles. The zero-order chi connectivity index (χ0) is 11.1. The van der Waals surface area contributed by atoms with E-state index in [1.165, 1.54) is 51.6 Å². The average Bonchev–Trinajstić information content (AvgIpc) is 2.40. The van der Waals surface area contributed by atoms with Crippen LogP contribution in [-0.2, 0) is 4.79 Å². The van der Waals surface area contributed by atoms with Crippen molar-refractivity contribution in [2.24, 2.45) is 0 Å². The van der Waals surface area contributed by atoms with Gasteiger partial charge in [0.2, 0.25) is 0 Å². The zero-order valence-corrected chi connectivity index (χ0v) is 10.3. The third kappa shape index (κ3) is 4.78. The van der Waals surface area contributed by atoms with E-state index in [1.54, 1.807) is 6.92 Å². The van der Waals surface area contributed by atoms with Crippen LogP contribution in [0.1, 0.15) is 58.8 Å². The van der Waals surface area contributed by atoms with Gasteiger partial charge in [0, 0.05) is 12.5 Å². The van der Waals surface area contributed by atoms with Crippen LogP contribution >= 0.6 is 0 Å². The molecule has 1 saturated heterocycles. The van der Waals surface area contributed by atoms with Crippen LogP contribution in [0.2, 0.25) is 0 Å². The Kier molecular flexibility index (Phi) is 5.92. The van der Waals surface area contributed by atoms with Gasteiger partial charge in [0.15, 0.2) is 0 Å². The Morgan fingerprint density at radius 3 is 2.80 bits per heavy atom. The summed E-state index contributed by atoms with van der Waals surface area (Å²) in [6.45, 7) is 6.35. The first-order valence-electron chi connectivity index (χ1n) is 6.47. The third-order valence-electron chi connectivity index (χ3n) is 3.32. The van der Waals surface area contributed by atoms with E-state index in [9.17, 15) is 4.79 Å². The van der Waals surface area contributed by atoms with Crippen LogP contribution in [0.15, 0.2) is 0 Å². The molecule has 0 N–H and O–H groups in total. The normalized spacial score (nSPS) is 23.7. The molecule has 0 aromatic carbocycles. The van der Waals surface area contributed by atoms with Crippen molar-refractivity contribution in [2.45, 2.75) is 64.8 Å². The maximum absolute atomic E-state index is 11.2. The van der Waals surface area contributed by atoms with Crippen LogP contribution in [0.3, 0.4) is 0 Å². The number of carbonyl (C=O) groups excluding carboxylic acids is 1. The minimum absolute atomic E-state index is 0.350. The van der Waals surface area contributed by atoms with Crippen molar-refractivity contribution < 1.29 is 4.79 Å². The largest absolute Gasteiger partial charge is 0.300 e. The number of carbonyl (C=O) groups is 1. The predicted octanol–water partition coefficient (Wildman–Crippen LogP) is 3.01. The summed E-state index contributed by atoms with van der Waals surface area (Å²) in [7, 11) is 0. The molecule has 0 aliphatic carbocycles. The van der Waals surface area contributed by atoms with E-state index in [4.69, 9.17) is 0 Å². The van der Waals surface area contributed by atoms with E-state index in [0.717, 1.165) is 6.42 Å². The number of hydrogen-bond acceptors (Lipinski definition) is 2. The number of nitrogens with zero attached hydrogens (tertiary/aromatic N) is 1. The number of unbranched alkanes of at least 4 members (excludes halogenated alkanes) is 1. The molecule has 1 heterocycles. The second kappa shape index (κ2) is 7.00. The molecule has 88 valence electrons. The highest BCUT2D eigenvalue weighted by Gasteiger charge is 2.21. The SMILES string of the molecule is CCCCN1CCCCCC1CC(C)=O. The first kappa shape index (κ1) is 12.7. The van der Waals surface area contributed by atoms with E-state index in [1.807, 2.05) is 0 Å². The van der Waals surface area contributed by atoms with Crippen molar-refractivity contribution in [3.8, 4) is 0 Å². The molecule has 15 heavy (non-hydrogen) atoms. The van der Waals surface area contributed by atoms with Gasteiger partial charge in [0.25, 0.3) is 0 Å². The first-order valence-corrected chi connectivity index (χ1v) is 6.47. The summed E-state index contributed by atoms with van der Waals surface area (Å²) in [4.78, 5) is 13.8. The van der Waals surface area contributed by atoms with Crippen molar-refractivity contribution >= 4 is 5.78 Å². The molecule has 2 heteroatoms. The predicted molar refractivity (Wildman–Crippen MR) is 64.0 cm³/mol. The maximum atomic E-state index is 11.2. The molecule has 1 atom stereocenters. The van der Waals surface area contributed by atoms with E-state index in [-0.39, 0.29) is 0 Å². The Bertz CT molecular complexity index is 191. The number of ketones is 1. The van der Waals surface area contributed by atoms with Crippen LogP contribution in [-0.4, -0.2) is 29.8 Å². The standard InChI is InChI=1S/C13H25NO/c1-3-4-9-14-10-7-5-6-8-13(14)11-12(2)15/h13H,3-11H2,1-2H3. The lowest BCUT2D eigenvalue weighted by atomic mass is 10.0. The highest BCUT2D eigenvalue weighted by atomic mass is 16.1. The molecule has 2 nitrogen and oxygen atoms in total. The summed E-state index contributed by atoms with van der Waals surface area (Å²) < 4.78 is 0. The molecule has 1 rings (SSSR count). The smallest absolute Gasteiger partial charge is 0.131 e. The van der Waals surface area contributed by atoms with E-state index >= 15 is 0 Å². The van der Waals surface area contributed by atoms with Gasteiger partial charge in [-0.2, -0.15) is 0 Å². The Morgan fingerprint density at radius 1 is 1.33 bits per heavy atom. The monoisotopic (exact) mass is 211 g/mol. The molecule has 0 spiro atoms. The minimum Gasteiger partial charge on any atom is -0.300 e. The molecular weight excluding hydrogens is 186 g/mol. The lowest BCUT2D eigenvalue weighted by molar-refractivity contribution is -0.118. The Balaban J connectivity index is 2.46. The number of hydrogen-bond donors (Lipinski definition) is 0. The van der Waals surface area contributed by atoms with Crippen molar-refractivity contribution in [3.63, 3.8) is 0 Å². The highest BCUT2D eigenvalue weighted by Crippen LogP contribution is 2.19. The van der Waals surface area contributed by atoms with Crippen LogP contribution < -0.4 is 0 Å². The van der Waals surface area contributed by atoms with Gasteiger partial charge < -0.3 is 0 Å². The van der Waals surface area contributed by atoms with Gasteiger partial charge in [-0.1, -0.05) is 26.2 Å². The highest BCUT2D eigenvalue weighted by molar-refractivity contribution is 5.76. The van der Waals surface area contributed by atoms with Crippen molar-refractivity contribution in [1.82, 2.24) is 4.90 Å². The Hall–Kier alpha value is -0.370. The average molecular weight is 211 g/mol. The van der Waals surface area contributed by atoms with E-state index < -0.39 is 0 Å². The molecule has 1 aliphatic heterocycles. The summed E-state index contributed by atoms with van der Waals surface area (Å²) in [6, 6.07) is 0.538. The molecule has 1 aliphatic rings. The van der Waals surface area contributed by atoms with Gasteiger partial charge >= 0.3 is 0 Å². The van der Waals surface area contributed by atoms with Crippen LogP contribution in [0.25, 0.3) is 0 Å². The van der Waals surface area contributed by atoms with Crippen LogP contribution in [0.4, 0.5) is 0 Å². The van der Waals surface area contributed by atoms with Gasteiger partial charge in [-0.3, -0.25) is 9.69 Å². The number of likely N-dealkylation sites (tertiary alicyclic amines) is 1. The number of Topliss-reactive ketones (excluding diaryl/α,β-unsaturated/α-hetero) is 1. The van der Waals surface area contributed by atoms with Gasteiger partial charge in [0.05, 0.1) is 0 Å². The molecular formula is C13H25NO. The quantitative estimate of drug-likeness (QED) is 0.696. The van der Waals surface area contributed by atoms with Crippen molar-refractivity contribution in [1.29, 1.82) is 0 Å². The Morgan fingerprint density at radius 2 is 2.13 bits per heavy atom. The Labute approximate surface area is 94.0 Å². The molecule has 0 aromatic heterocycles. The zero-order valence-electron chi connectivity index (χ0n) is 10.3. The second-order valence-electron chi connectivity index (χ2n) is 4.80. The second-order valence-corrected chi connectivity index (χ2v) is 4.80. The summed E-state index contributed by atoms with van der Waals surface area (Å²) in [5, 5.41) is 0. The fourth-order valence-electron chi connectivity index (χ4n) is 2.46. The lowest BCUT2D eigenvalue weighted by Gasteiger charge is -2.29. The van der Waals surface area contributed by atoms with E-state index in [0.29, 0.717) is 11.8 Å². The van der Waals surface area contributed by atoms with Gasteiger partial charge in [-0.05, 0) is 39.3 Å². The minimum atomic E-state index is 0.350. The fourth-order valence-corrected chi connectivity index (χ4v) is 2.46. The van der Waals surface area contributed by atoms with Crippen LogP contribution in [0, 0.1) is 0 Å². The van der Waals surface area contributed by atoms with Gasteiger partial charge in [0.1, 0.15) is 5.78 Å². The third-order valence-corrected chi connectivity index (χ3v) is 3.32. The molecule has 0 bridgehead atoms. The lowest BCUT2D eigenvalue weighted by Crippen LogP contribution is -2.36. The van der Waals surface area contributed by atoms with Crippen LogP contribution in [0.5, 0.6) is 0 Å².